The zero-order valence-corrected chi connectivity index (χ0v) is 7.43. The average Bonchev–Trinajstić information content (AvgIpc) is 1.85. The van der Waals surface area contributed by atoms with Crippen LogP contribution in [0.15, 0.2) is 0 Å². The van der Waals surface area contributed by atoms with E-state index in [-0.39, 0.29) is 0 Å². The second-order valence-electron chi connectivity index (χ2n) is 4.07. The topological polar surface area (TPSA) is 49.9 Å². The predicted octanol–water partition coefficient (Wildman–Crippen LogP) is 1.99. The molecule has 2 unspecified atom stereocenters. The van der Waals surface area contributed by atoms with Crippen LogP contribution in [0.3, 0.4) is 0 Å². The molecule has 2 atom stereocenters. The van der Waals surface area contributed by atoms with Crippen molar-refractivity contribution in [3.63, 3.8) is 0 Å². The number of nitrogens with two attached hydrogens (primary N) is 1. The lowest BCUT2D eigenvalue weighted by atomic mass is 9.76. The van der Waals surface area contributed by atoms with Crippen molar-refractivity contribution in [3.8, 4) is 0 Å². The van der Waals surface area contributed by atoms with Crippen molar-refractivity contribution in [3.05, 3.63) is 0 Å². The van der Waals surface area contributed by atoms with E-state index in [0.717, 1.165) is 24.7 Å². The summed E-state index contributed by atoms with van der Waals surface area (Å²) in [6.45, 7) is 4.51. The molecule has 0 radical (unpaired) electrons. The smallest absolute Gasteiger partial charge is 0.0937 e. The summed E-state index contributed by atoms with van der Waals surface area (Å²) in [7, 11) is 0. The highest BCUT2D eigenvalue weighted by atomic mass is 14.7. The van der Waals surface area contributed by atoms with Crippen molar-refractivity contribution in [2.75, 3.05) is 0 Å². The van der Waals surface area contributed by atoms with Crippen molar-refractivity contribution in [1.82, 2.24) is 0 Å². The first kappa shape index (κ1) is 8.57. The standard InChI is InChI=1S/C9H18N2/c1-6-3-7(2)5-8(4-6)9(10)11/h6-8H,3-5H2,1-2H3,(H3,10,11). The van der Waals surface area contributed by atoms with Gasteiger partial charge in [-0.05, 0) is 31.1 Å². The molecule has 11 heavy (non-hydrogen) atoms. The molecule has 0 spiro atoms. The molecule has 1 aliphatic carbocycles. The maximum absolute atomic E-state index is 7.35. The zero-order valence-electron chi connectivity index (χ0n) is 7.43. The maximum atomic E-state index is 7.35. The van der Waals surface area contributed by atoms with Crippen LogP contribution in [0, 0.1) is 23.2 Å². The third kappa shape index (κ3) is 2.21. The van der Waals surface area contributed by atoms with Crippen LogP contribution in [-0.2, 0) is 0 Å². The van der Waals surface area contributed by atoms with E-state index in [1.807, 2.05) is 0 Å². The van der Waals surface area contributed by atoms with Crippen LogP contribution >= 0.6 is 0 Å². The van der Waals surface area contributed by atoms with Gasteiger partial charge >= 0.3 is 0 Å². The lowest BCUT2D eigenvalue weighted by Crippen LogP contribution is -2.30. The molecule has 0 aromatic heterocycles. The molecule has 0 bridgehead atoms. The second kappa shape index (κ2) is 3.24. The fourth-order valence-corrected chi connectivity index (χ4v) is 2.20. The molecule has 2 nitrogen and oxygen atoms in total. The van der Waals surface area contributed by atoms with Gasteiger partial charge in [0.05, 0.1) is 5.84 Å². The van der Waals surface area contributed by atoms with E-state index < -0.39 is 0 Å². The summed E-state index contributed by atoms with van der Waals surface area (Å²) in [6.07, 6.45) is 3.56. The van der Waals surface area contributed by atoms with Gasteiger partial charge in [-0.3, -0.25) is 5.41 Å². The molecule has 0 aliphatic heterocycles. The fraction of sp³-hybridized carbons (Fsp3) is 0.889. The molecular weight excluding hydrogens is 136 g/mol. The van der Waals surface area contributed by atoms with Crippen LogP contribution in [0.5, 0.6) is 0 Å². The van der Waals surface area contributed by atoms with Gasteiger partial charge < -0.3 is 5.73 Å². The lowest BCUT2D eigenvalue weighted by Gasteiger charge is -2.30. The molecule has 1 saturated carbocycles. The Morgan fingerprint density at radius 2 is 1.64 bits per heavy atom. The van der Waals surface area contributed by atoms with Gasteiger partial charge in [-0.25, -0.2) is 0 Å². The Labute approximate surface area is 68.7 Å². The largest absolute Gasteiger partial charge is 0.387 e. The Morgan fingerprint density at radius 3 is 2.00 bits per heavy atom. The minimum Gasteiger partial charge on any atom is -0.387 e. The van der Waals surface area contributed by atoms with Crippen molar-refractivity contribution in [2.24, 2.45) is 23.5 Å². The second-order valence-corrected chi connectivity index (χ2v) is 4.07. The fourth-order valence-electron chi connectivity index (χ4n) is 2.20. The van der Waals surface area contributed by atoms with Gasteiger partial charge in [0.15, 0.2) is 0 Å². The quantitative estimate of drug-likeness (QED) is 0.440. The van der Waals surface area contributed by atoms with E-state index in [1.165, 1.54) is 6.42 Å². The van der Waals surface area contributed by atoms with Gasteiger partial charge in [0.25, 0.3) is 0 Å². The Morgan fingerprint density at radius 1 is 1.18 bits per heavy atom. The molecule has 0 aromatic rings. The van der Waals surface area contributed by atoms with E-state index in [4.69, 9.17) is 11.1 Å². The minimum atomic E-state index is 0.369. The van der Waals surface area contributed by atoms with E-state index in [0.29, 0.717) is 11.8 Å². The first-order valence-corrected chi connectivity index (χ1v) is 4.43. The van der Waals surface area contributed by atoms with Crippen LogP contribution in [0.2, 0.25) is 0 Å². The van der Waals surface area contributed by atoms with E-state index >= 15 is 0 Å². The molecule has 64 valence electrons. The van der Waals surface area contributed by atoms with Gasteiger partial charge in [0.2, 0.25) is 0 Å². The van der Waals surface area contributed by atoms with Crippen LogP contribution in [-0.4, -0.2) is 5.84 Å². The van der Waals surface area contributed by atoms with Gasteiger partial charge in [-0.15, -0.1) is 0 Å². The Kier molecular flexibility index (Phi) is 2.53. The maximum Gasteiger partial charge on any atom is 0.0937 e. The highest BCUT2D eigenvalue weighted by Gasteiger charge is 2.25. The monoisotopic (exact) mass is 154 g/mol. The Balaban J connectivity index is 2.49. The molecule has 2 heteroatoms. The molecule has 1 rings (SSSR count). The molecule has 1 aliphatic rings. The highest BCUT2D eigenvalue weighted by Crippen LogP contribution is 2.32. The number of rotatable bonds is 1. The minimum absolute atomic E-state index is 0.369. The van der Waals surface area contributed by atoms with Crippen molar-refractivity contribution in [1.29, 1.82) is 5.41 Å². The first-order valence-electron chi connectivity index (χ1n) is 4.43. The predicted molar refractivity (Wildman–Crippen MR) is 47.6 cm³/mol. The SMILES string of the molecule is CC1CC(C)CC(C(=N)N)C1. The molecule has 1 fully saturated rings. The molecule has 0 aromatic carbocycles. The Bertz CT molecular complexity index is 144. The van der Waals surface area contributed by atoms with Gasteiger partial charge in [-0.1, -0.05) is 13.8 Å². The number of hydrogen-bond donors (Lipinski definition) is 2. The molecular formula is C9H18N2. The average molecular weight is 154 g/mol. The van der Waals surface area contributed by atoms with Crippen molar-refractivity contribution in [2.45, 2.75) is 33.1 Å². The van der Waals surface area contributed by atoms with E-state index in [1.54, 1.807) is 0 Å². The van der Waals surface area contributed by atoms with Crippen LogP contribution < -0.4 is 5.73 Å². The molecule has 0 saturated heterocycles. The molecule has 0 heterocycles. The summed E-state index contributed by atoms with van der Waals surface area (Å²) in [4.78, 5) is 0. The summed E-state index contributed by atoms with van der Waals surface area (Å²) >= 11 is 0. The van der Waals surface area contributed by atoms with E-state index in [9.17, 15) is 0 Å². The zero-order chi connectivity index (χ0) is 8.43. The molecule has 3 N–H and O–H groups in total. The van der Waals surface area contributed by atoms with Gasteiger partial charge in [0.1, 0.15) is 0 Å². The van der Waals surface area contributed by atoms with Crippen molar-refractivity contribution < 1.29 is 0 Å². The lowest BCUT2D eigenvalue weighted by molar-refractivity contribution is 0.262. The number of amidine groups is 1. The Hall–Kier alpha value is -0.530. The number of hydrogen-bond acceptors (Lipinski definition) is 1. The summed E-state index contributed by atoms with van der Waals surface area (Å²) in [5, 5.41) is 7.35. The third-order valence-corrected chi connectivity index (χ3v) is 2.62. The summed E-state index contributed by atoms with van der Waals surface area (Å²) < 4.78 is 0. The highest BCUT2D eigenvalue weighted by molar-refractivity contribution is 5.79. The normalized spacial score (nSPS) is 38.5. The van der Waals surface area contributed by atoms with Crippen LogP contribution in [0.25, 0.3) is 0 Å². The molecule has 0 amide bonds. The number of nitrogens with one attached hydrogen (secondary N) is 1. The summed E-state index contributed by atoms with van der Waals surface area (Å²) in [5.41, 5.74) is 5.47. The summed E-state index contributed by atoms with van der Waals surface area (Å²) in [6, 6.07) is 0. The summed E-state index contributed by atoms with van der Waals surface area (Å²) in [5.74, 6) is 2.28. The van der Waals surface area contributed by atoms with E-state index in [2.05, 4.69) is 13.8 Å². The first-order chi connectivity index (χ1) is 5.09. The van der Waals surface area contributed by atoms with Crippen molar-refractivity contribution >= 4 is 5.84 Å². The third-order valence-electron chi connectivity index (χ3n) is 2.62. The van der Waals surface area contributed by atoms with Crippen LogP contribution in [0.4, 0.5) is 0 Å². The van der Waals surface area contributed by atoms with Gasteiger partial charge in [0, 0.05) is 5.92 Å². The van der Waals surface area contributed by atoms with Gasteiger partial charge in [-0.2, -0.15) is 0 Å². The van der Waals surface area contributed by atoms with Crippen LogP contribution in [0.1, 0.15) is 33.1 Å².